The summed E-state index contributed by atoms with van der Waals surface area (Å²) in [5.41, 5.74) is 9.86. The van der Waals surface area contributed by atoms with E-state index in [1.807, 2.05) is 0 Å². The minimum atomic E-state index is -0.386. The fourth-order valence-corrected chi connectivity index (χ4v) is 2.22. The van der Waals surface area contributed by atoms with Crippen LogP contribution < -0.4 is 11.1 Å². The van der Waals surface area contributed by atoms with Crippen LogP contribution in [0.2, 0.25) is 0 Å². The molecule has 1 aromatic rings. The Morgan fingerprint density at radius 3 is 3.18 bits per heavy atom. The number of amides is 1. The number of nitrogens with two attached hydrogens (primary N) is 1. The summed E-state index contributed by atoms with van der Waals surface area (Å²) >= 11 is 0. The van der Waals surface area contributed by atoms with Crippen LogP contribution in [0.1, 0.15) is 29.2 Å². The molecule has 1 aliphatic carbocycles. The van der Waals surface area contributed by atoms with E-state index in [1.165, 1.54) is 23.8 Å². The second-order valence-electron chi connectivity index (χ2n) is 4.35. The lowest BCUT2D eigenvalue weighted by molar-refractivity contribution is 0.171. The Kier molecular flexibility index (Phi) is 3.64. The Hall–Kier alpha value is -1.55. The van der Waals surface area contributed by atoms with Gasteiger partial charge in [-0.05, 0) is 36.0 Å². The molecular formula is C13H18N2O2. The second-order valence-corrected chi connectivity index (χ2v) is 4.35. The third-order valence-corrected chi connectivity index (χ3v) is 3.20. The van der Waals surface area contributed by atoms with E-state index in [9.17, 15) is 4.79 Å². The van der Waals surface area contributed by atoms with Crippen LogP contribution in [0.4, 0.5) is 4.79 Å². The first kappa shape index (κ1) is 11.9. The molecule has 0 spiro atoms. The van der Waals surface area contributed by atoms with Gasteiger partial charge in [-0.15, -0.1) is 0 Å². The monoisotopic (exact) mass is 234 g/mol. The van der Waals surface area contributed by atoms with Crippen LogP contribution in [0.5, 0.6) is 0 Å². The van der Waals surface area contributed by atoms with Crippen LogP contribution >= 0.6 is 0 Å². The molecule has 0 saturated carbocycles. The van der Waals surface area contributed by atoms with Gasteiger partial charge >= 0.3 is 6.09 Å². The number of carbonyl (C=O) groups is 1. The first-order valence-electron chi connectivity index (χ1n) is 5.90. The van der Waals surface area contributed by atoms with Crippen molar-refractivity contribution < 1.29 is 9.53 Å². The molecule has 0 unspecified atom stereocenters. The van der Waals surface area contributed by atoms with Crippen LogP contribution in [0, 0.1) is 0 Å². The molecule has 92 valence electrons. The highest BCUT2D eigenvalue weighted by molar-refractivity contribution is 5.66. The maximum atomic E-state index is 10.9. The number of fused-ring (bicyclic) bond motifs is 1. The topological polar surface area (TPSA) is 64.3 Å². The van der Waals surface area contributed by atoms with Gasteiger partial charge in [-0.1, -0.05) is 18.2 Å². The van der Waals surface area contributed by atoms with Gasteiger partial charge in [0.25, 0.3) is 0 Å². The van der Waals surface area contributed by atoms with Crippen molar-refractivity contribution >= 4 is 6.09 Å². The zero-order chi connectivity index (χ0) is 12.3. The Morgan fingerprint density at radius 1 is 1.59 bits per heavy atom. The molecule has 1 atom stereocenters. The highest BCUT2D eigenvalue weighted by Crippen LogP contribution is 2.29. The summed E-state index contributed by atoms with van der Waals surface area (Å²) in [4.78, 5) is 10.9. The fourth-order valence-electron chi connectivity index (χ4n) is 2.22. The molecular weight excluding hydrogens is 216 g/mol. The quantitative estimate of drug-likeness (QED) is 0.833. The molecule has 17 heavy (non-hydrogen) atoms. The van der Waals surface area contributed by atoms with E-state index in [0.717, 1.165) is 19.3 Å². The zero-order valence-corrected chi connectivity index (χ0v) is 10.0. The lowest BCUT2D eigenvalue weighted by Crippen LogP contribution is -2.25. The van der Waals surface area contributed by atoms with Gasteiger partial charge in [0.1, 0.15) is 0 Å². The van der Waals surface area contributed by atoms with E-state index >= 15 is 0 Å². The van der Waals surface area contributed by atoms with Crippen molar-refractivity contribution in [3.8, 4) is 0 Å². The fraction of sp³-hybridized carbons (Fsp3) is 0.462. The predicted octanol–water partition coefficient (Wildman–Crippen LogP) is 1.53. The van der Waals surface area contributed by atoms with Gasteiger partial charge in [0.15, 0.2) is 0 Å². The van der Waals surface area contributed by atoms with Gasteiger partial charge in [0.2, 0.25) is 0 Å². The summed E-state index contributed by atoms with van der Waals surface area (Å²) in [5, 5.41) is 2.67. The van der Waals surface area contributed by atoms with E-state index in [-0.39, 0.29) is 12.1 Å². The van der Waals surface area contributed by atoms with Crippen LogP contribution in [0.25, 0.3) is 0 Å². The third-order valence-electron chi connectivity index (χ3n) is 3.20. The Bertz CT molecular complexity index is 418. The number of nitrogens with one attached hydrogen (secondary N) is 1. The number of hydrogen-bond donors (Lipinski definition) is 2. The number of benzene rings is 1. The van der Waals surface area contributed by atoms with Gasteiger partial charge in [-0.25, -0.2) is 4.79 Å². The van der Waals surface area contributed by atoms with Crippen molar-refractivity contribution in [2.24, 2.45) is 5.73 Å². The predicted molar refractivity (Wildman–Crippen MR) is 65.8 cm³/mol. The SMILES string of the molecule is COC(=O)NCCc1ccc2c(c1)[C@H](N)CC2. The molecule has 0 heterocycles. The van der Waals surface area contributed by atoms with E-state index in [1.54, 1.807) is 0 Å². The number of aryl methyl sites for hydroxylation is 1. The van der Waals surface area contributed by atoms with E-state index in [2.05, 4.69) is 28.3 Å². The Labute approximate surface area is 101 Å². The van der Waals surface area contributed by atoms with Crippen molar-refractivity contribution in [3.05, 3.63) is 34.9 Å². The van der Waals surface area contributed by atoms with Gasteiger partial charge in [-0.3, -0.25) is 0 Å². The Balaban J connectivity index is 1.94. The molecule has 2 rings (SSSR count). The maximum Gasteiger partial charge on any atom is 0.406 e. The van der Waals surface area contributed by atoms with E-state index < -0.39 is 0 Å². The van der Waals surface area contributed by atoms with Crippen molar-refractivity contribution in [1.82, 2.24) is 5.32 Å². The van der Waals surface area contributed by atoms with Gasteiger partial charge in [-0.2, -0.15) is 0 Å². The molecule has 0 saturated heterocycles. The third kappa shape index (κ3) is 2.77. The van der Waals surface area contributed by atoms with Crippen molar-refractivity contribution in [2.75, 3.05) is 13.7 Å². The molecule has 0 aromatic heterocycles. The zero-order valence-electron chi connectivity index (χ0n) is 10.0. The average molecular weight is 234 g/mol. The number of hydrogen-bond acceptors (Lipinski definition) is 3. The first-order valence-corrected chi connectivity index (χ1v) is 5.90. The van der Waals surface area contributed by atoms with Crippen LogP contribution in [0.3, 0.4) is 0 Å². The summed E-state index contributed by atoms with van der Waals surface area (Å²) in [6.07, 6.45) is 2.54. The summed E-state index contributed by atoms with van der Waals surface area (Å²) < 4.78 is 4.51. The van der Waals surface area contributed by atoms with Crippen molar-refractivity contribution in [3.63, 3.8) is 0 Å². The highest BCUT2D eigenvalue weighted by atomic mass is 16.5. The molecule has 3 N–H and O–H groups in total. The normalized spacial score (nSPS) is 17.6. The number of ether oxygens (including phenoxy) is 1. The lowest BCUT2D eigenvalue weighted by Gasteiger charge is -2.08. The molecule has 0 fully saturated rings. The van der Waals surface area contributed by atoms with E-state index in [4.69, 9.17) is 5.73 Å². The largest absolute Gasteiger partial charge is 0.453 e. The number of carbonyl (C=O) groups excluding carboxylic acids is 1. The van der Waals surface area contributed by atoms with Crippen LogP contribution in [-0.2, 0) is 17.6 Å². The second kappa shape index (κ2) is 5.19. The van der Waals surface area contributed by atoms with Crippen LogP contribution in [-0.4, -0.2) is 19.7 Å². The van der Waals surface area contributed by atoms with Crippen LogP contribution in [0.15, 0.2) is 18.2 Å². The molecule has 0 aliphatic heterocycles. The number of methoxy groups -OCH3 is 1. The minimum Gasteiger partial charge on any atom is -0.453 e. The van der Waals surface area contributed by atoms with E-state index in [0.29, 0.717) is 6.54 Å². The molecule has 1 aliphatic rings. The van der Waals surface area contributed by atoms with Crippen molar-refractivity contribution in [2.45, 2.75) is 25.3 Å². The molecule has 4 nitrogen and oxygen atoms in total. The average Bonchev–Trinajstić information content (AvgIpc) is 2.71. The van der Waals surface area contributed by atoms with Gasteiger partial charge < -0.3 is 15.8 Å². The summed E-state index contributed by atoms with van der Waals surface area (Å²) in [6, 6.07) is 6.59. The van der Waals surface area contributed by atoms with Crippen molar-refractivity contribution in [1.29, 1.82) is 0 Å². The Morgan fingerprint density at radius 2 is 2.41 bits per heavy atom. The first-order chi connectivity index (χ1) is 8.20. The molecule has 4 heteroatoms. The summed E-state index contributed by atoms with van der Waals surface area (Å²) in [7, 11) is 1.36. The summed E-state index contributed by atoms with van der Waals surface area (Å²) in [6.45, 7) is 0.584. The highest BCUT2D eigenvalue weighted by Gasteiger charge is 2.18. The standard InChI is InChI=1S/C13H18N2O2/c1-17-13(16)15-7-6-9-2-3-10-4-5-12(14)11(10)8-9/h2-3,8,12H,4-7,14H2,1H3,(H,15,16)/t12-/m1/s1. The molecule has 0 radical (unpaired) electrons. The summed E-state index contributed by atoms with van der Waals surface area (Å²) in [5.74, 6) is 0. The van der Waals surface area contributed by atoms with Gasteiger partial charge in [0.05, 0.1) is 7.11 Å². The number of rotatable bonds is 3. The molecule has 0 bridgehead atoms. The maximum absolute atomic E-state index is 10.9. The minimum absolute atomic E-state index is 0.179. The molecule has 1 aromatic carbocycles. The number of alkyl carbamates (subject to hydrolysis) is 1. The lowest BCUT2D eigenvalue weighted by atomic mass is 10.0. The molecule has 1 amide bonds. The van der Waals surface area contributed by atoms with Gasteiger partial charge in [0, 0.05) is 12.6 Å². The smallest absolute Gasteiger partial charge is 0.406 e.